The van der Waals surface area contributed by atoms with Crippen molar-refractivity contribution < 1.29 is 38.1 Å². The van der Waals surface area contributed by atoms with Crippen LogP contribution < -0.4 is 0 Å². The lowest BCUT2D eigenvalue weighted by Crippen LogP contribution is -2.23. The molecular formula is C13H14N6O8. The molecular weight excluding hydrogens is 368 g/mol. The van der Waals surface area contributed by atoms with Crippen LogP contribution in [0.25, 0.3) is 0 Å². The van der Waals surface area contributed by atoms with Gasteiger partial charge in [0.2, 0.25) is 11.4 Å². The molecule has 2 aromatic rings. The van der Waals surface area contributed by atoms with Crippen LogP contribution in [0.5, 0.6) is 0 Å². The molecule has 0 bridgehead atoms. The third-order valence-corrected chi connectivity index (χ3v) is 3.25. The first-order valence-corrected chi connectivity index (χ1v) is 7.09. The van der Waals surface area contributed by atoms with E-state index in [0.717, 1.165) is 37.8 Å². The zero-order chi connectivity index (χ0) is 20.1. The van der Waals surface area contributed by atoms with Crippen molar-refractivity contribution in [1.82, 2.24) is 30.0 Å². The number of aromatic nitrogens is 6. The predicted octanol–water partition coefficient (Wildman–Crippen LogP) is -1.48. The van der Waals surface area contributed by atoms with Gasteiger partial charge in [-0.1, -0.05) is 10.4 Å². The van der Waals surface area contributed by atoms with Crippen molar-refractivity contribution in [1.29, 1.82) is 0 Å². The molecule has 2 aromatic heterocycles. The normalized spacial score (nSPS) is 10.2. The number of rotatable bonds is 6. The lowest BCUT2D eigenvalue weighted by Gasteiger charge is -2.08. The zero-order valence-corrected chi connectivity index (χ0v) is 14.7. The van der Waals surface area contributed by atoms with Gasteiger partial charge in [0.25, 0.3) is 0 Å². The van der Waals surface area contributed by atoms with Crippen LogP contribution in [-0.4, -0.2) is 82.3 Å². The molecule has 0 amide bonds. The summed E-state index contributed by atoms with van der Waals surface area (Å²) < 4.78 is 20.1. The van der Waals surface area contributed by atoms with Crippen LogP contribution in [0.2, 0.25) is 0 Å². The third-order valence-electron chi connectivity index (χ3n) is 3.25. The van der Waals surface area contributed by atoms with Crippen LogP contribution in [0.3, 0.4) is 0 Å². The Labute approximate surface area is 150 Å². The predicted molar refractivity (Wildman–Crippen MR) is 80.8 cm³/mol. The van der Waals surface area contributed by atoms with Gasteiger partial charge in [0, 0.05) is 0 Å². The van der Waals surface area contributed by atoms with E-state index < -0.39 is 41.9 Å². The number of esters is 4. The second-order valence-electron chi connectivity index (χ2n) is 4.68. The lowest BCUT2D eigenvalue weighted by atomic mass is 10.3. The Hall–Kier alpha value is -3.84. The average molecular weight is 382 g/mol. The van der Waals surface area contributed by atoms with Gasteiger partial charge in [0.05, 0.1) is 28.4 Å². The summed E-state index contributed by atoms with van der Waals surface area (Å²) in [5, 5.41) is 14.5. The smallest absolute Gasteiger partial charge is 0.361 e. The van der Waals surface area contributed by atoms with Crippen molar-refractivity contribution in [2.24, 2.45) is 0 Å². The Morgan fingerprint density at radius 1 is 0.667 bits per heavy atom. The maximum Gasteiger partial charge on any atom is 0.361 e. The van der Waals surface area contributed by atoms with Crippen molar-refractivity contribution in [3.63, 3.8) is 0 Å². The van der Waals surface area contributed by atoms with Gasteiger partial charge in [-0.05, 0) is 0 Å². The van der Waals surface area contributed by atoms with E-state index in [9.17, 15) is 19.2 Å². The molecule has 0 aliphatic rings. The van der Waals surface area contributed by atoms with Crippen LogP contribution in [0.4, 0.5) is 0 Å². The highest BCUT2D eigenvalue weighted by Gasteiger charge is 2.30. The molecule has 0 N–H and O–H groups in total. The molecule has 0 unspecified atom stereocenters. The van der Waals surface area contributed by atoms with E-state index >= 15 is 0 Å². The van der Waals surface area contributed by atoms with Crippen LogP contribution in [0.1, 0.15) is 42.0 Å². The summed E-state index contributed by atoms with van der Waals surface area (Å²) in [7, 11) is 4.37. The Morgan fingerprint density at radius 3 is 1.30 bits per heavy atom. The number of methoxy groups -OCH3 is 4. The third kappa shape index (κ3) is 3.58. The van der Waals surface area contributed by atoms with Crippen molar-refractivity contribution in [2.75, 3.05) is 28.4 Å². The fourth-order valence-electron chi connectivity index (χ4n) is 2.02. The Kier molecular flexibility index (Phi) is 5.79. The number of carbonyl (C=O) groups is 4. The number of carbonyl (C=O) groups excluding carboxylic acids is 4. The zero-order valence-electron chi connectivity index (χ0n) is 14.7. The summed E-state index contributed by atoms with van der Waals surface area (Å²) in [6.45, 7) is -0.428. The molecule has 27 heavy (non-hydrogen) atoms. The molecule has 0 atom stereocenters. The highest BCUT2D eigenvalue weighted by molar-refractivity contribution is 6.01. The lowest BCUT2D eigenvalue weighted by molar-refractivity contribution is 0.0537. The summed E-state index contributed by atoms with van der Waals surface area (Å²) in [6.07, 6.45) is 0. The molecule has 0 aliphatic carbocycles. The topological polar surface area (TPSA) is 167 Å². The molecule has 2 rings (SSSR count). The number of ether oxygens (including phenoxy) is 4. The van der Waals surface area contributed by atoms with Gasteiger partial charge >= 0.3 is 23.9 Å². The van der Waals surface area contributed by atoms with Crippen molar-refractivity contribution in [3.8, 4) is 0 Å². The Morgan fingerprint density at radius 2 is 1.00 bits per heavy atom. The minimum absolute atomic E-state index is 0.352. The quantitative estimate of drug-likeness (QED) is 0.420. The minimum Gasteiger partial charge on any atom is -0.464 e. The largest absolute Gasteiger partial charge is 0.464 e. The van der Waals surface area contributed by atoms with Gasteiger partial charge in [0.1, 0.15) is 6.67 Å². The van der Waals surface area contributed by atoms with Gasteiger partial charge in [-0.15, -0.1) is 10.2 Å². The molecule has 0 radical (unpaired) electrons. The fourth-order valence-corrected chi connectivity index (χ4v) is 2.02. The van der Waals surface area contributed by atoms with Crippen molar-refractivity contribution in [3.05, 3.63) is 22.8 Å². The van der Waals surface area contributed by atoms with Gasteiger partial charge in [-0.3, -0.25) is 0 Å². The molecule has 0 fully saturated rings. The van der Waals surface area contributed by atoms with Gasteiger partial charge in [-0.25, -0.2) is 28.5 Å². The van der Waals surface area contributed by atoms with Crippen LogP contribution in [0.15, 0.2) is 0 Å². The molecule has 14 nitrogen and oxygen atoms in total. The number of hydrogen-bond acceptors (Lipinski definition) is 12. The molecule has 0 spiro atoms. The standard InChI is InChI=1S/C13H14N6O8/c1-24-10(20)6-8(12(22)26-3)18(16-14-6)5-19-9(13(23)27-4)7(15-17-19)11(21)25-2/h5H2,1-4H3. The molecule has 2 heterocycles. The summed E-state index contributed by atoms with van der Waals surface area (Å²) in [5.74, 6) is -3.73. The second kappa shape index (κ2) is 8.03. The van der Waals surface area contributed by atoms with Gasteiger partial charge < -0.3 is 18.9 Å². The molecule has 0 aromatic carbocycles. The van der Waals surface area contributed by atoms with E-state index in [4.69, 9.17) is 0 Å². The highest BCUT2D eigenvalue weighted by Crippen LogP contribution is 2.13. The fraction of sp³-hybridized carbons (Fsp3) is 0.385. The monoisotopic (exact) mass is 382 g/mol. The summed E-state index contributed by atoms with van der Waals surface area (Å²) >= 11 is 0. The first-order chi connectivity index (χ1) is 12.9. The molecule has 0 aliphatic heterocycles. The first kappa shape index (κ1) is 19.5. The van der Waals surface area contributed by atoms with E-state index in [0.29, 0.717) is 0 Å². The van der Waals surface area contributed by atoms with Gasteiger partial charge in [-0.2, -0.15) is 0 Å². The van der Waals surface area contributed by atoms with E-state index in [1.54, 1.807) is 0 Å². The van der Waals surface area contributed by atoms with Crippen molar-refractivity contribution >= 4 is 23.9 Å². The Balaban J connectivity index is 2.54. The molecule has 0 saturated heterocycles. The van der Waals surface area contributed by atoms with E-state index in [1.165, 1.54) is 0 Å². The van der Waals surface area contributed by atoms with Crippen LogP contribution in [-0.2, 0) is 25.6 Å². The van der Waals surface area contributed by atoms with Crippen LogP contribution >= 0.6 is 0 Å². The SMILES string of the molecule is COC(=O)c1nnn(Cn2nnc(C(=O)OC)c2C(=O)OC)c1C(=O)OC. The Bertz CT molecular complexity index is 829. The van der Waals surface area contributed by atoms with Crippen LogP contribution in [0, 0.1) is 0 Å². The number of hydrogen-bond donors (Lipinski definition) is 0. The highest BCUT2D eigenvalue weighted by atomic mass is 16.5. The van der Waals surface area contributed by atoms with Gasteiger partial charge in [0.15, 0.2) is 11.4 Å². The van der Waals surface area contributed by atoms with Crippen molar-refractivity contribution in [2.45, 2.75) is 6.67 Å². The maximum absolute atomic E-state index is 12.0. The molecule has 144 valence electrons. The summed E-state index contributed by atoms with van der Waals surface area (Å²) in [5.41, 5.74) is -1.51. The number of nitrogens with zero attached hydrogens (tertiary/aromatic N) is 6. The average Bonchev–Trinajstić information content (AvgIpc) is 3.30. The summed E-state index contributed by atoms with van der Waals surface area (Å²) in [6, 6.07) is 0. The minimum atomic E-state index is -0.937. The maximum atomic E-state index is 12.0. The van der Waals surface area contributed by atoms with E-state index in [2.05, 4.69) is 39.6 Å². The van der Waals surface area contributed by atoms with E-state index in [-0.39, 0.29) is 11.4 Å². The van der Waals surface area contributed by atoms with E-state index in [1.807, 2.05) is 0 Å². The second-order valence-corrected chi connectivity index (χ2v) is 4.68. The molecule has 0 saturated carbocycles. The first-order valence-electron chi connectivity index (χ1n) is 7.09. The molecule has 14 heteroatoms. The summed E-state index contributed by atoms with van der Waals surface area (Å²) in [4.78, 5) is 47.6.